The molecule has 1 aliphatic heterocycles. The van der Waals surface area contributed by atoms with E-state index in [0.29, 0.717) is 5.70 Å². The fourth-order valence-corrected chi connectivity index (χ4v) is 1.39. The fraction of sp³-hybridized carbons (Fsp3) is 0.100. The lowest BCUT2D eigenvalue weighted by atomic mass is 10.1. The fourth-order valence-electron chi connectivity index (χ4n) is 1.39. The number of para-hydroxylation sites is 1. The first-order chi connectivity index (χ1) is 5.70. The van der Waals surface area contributed by atoms with E-state index in [1.165, 1.54) is 0 Å². The van der Waals surface area contributed by atoms with Crippen LogP contribution < -0.4 is 5.32 Å². The molecular formula is C10H9NO. The molecule has 0 aliphatic carbocycles. The monoisotopic (exact) mass is 159 g/mol. The molecule has 1 aromatic rings. The molecule has 0 saturated heterocycles. The molecule has 1 aromatic carbocycles. The summed E-state index contributed by atoms with van der Waals surface area (Å²) in [7, 11) is 0. The summed E-state index contributed by atoms with van der Waals surface area (Å²) in [6.45, 7) is 5.60. The molecule has 0 atom stereocenters. The average molecular weight is 159 g/mol. The van der Waals surface area contributed by atoms with Crippen LogP contribution in [0.5, 0.6) is 0 Å². The number of carbonyl (C=O) groups excluding carboxylic acids is 1. The Bertz CT molecular complexity index is 379. The third-order valence-electron chi connectivity index (χ3n) is 2.07. The smallest absolute Gasteiger partial charge is 0.210 e. The van der Waals surface area contributed by atoms with Crippen molar-refractivity contribution in [1.82, 2.24) is 0 Å². The largest absolute Gasteiger partial charge is 0.352 e. The van der Waals surface area contributed by atoms with Gasteiger partial charge in [-0.1, -0.05) is 18.7 Å². The first-order valence-corrected chi connectivity index (χ1v) is 3.80. The van der Waals surface area contributed by atoms with Crippen LogP contribution in [0.1, 0.15) is 15.9 Å². The van der Waals surface area contributed by atoms with E-state index in [0.717, 1.165) is 16.8 Å². The second-order valence-electron chi connectivity index (χ2n) is 2.93. The summed E-state index contributed by atoms with van der Waals surface area (Å²) >= 11 is 0. The van der Waals surface area contributed by atoms with Gasteiger partial charge in [0.2, 0.25) is 5.78 Å². The van der Waals surface area contributed by atoms with Crippen molar-refractivity contribution in [3.8, 4) is 0 Å². The number of fused-ring (bicyclic) bond motifs is 1. The minimum atomic E-state index is 0.00806. The molecule has 60 valence electrons. The van der Waals surface area contributed by atoms with Gasteiger partial charge < -0.3 is 5.32 Å². The molecule has 2 nitrogen and oxygen atoms in total. The molecular weight excluding hydrogens is 150 g/mol. The van der Waals surface area contributed by atoms with Gasteiger partial charge >= 0.3 is 0 Å². The Morgan fingerprint density at radius 3 is 2.83 bits per heavy atom. The zero-order chi connectivity index (χ0) is 8.72. The molecule has 0 fully saturated rings. The van der Waals surface area contributed by atoms with E-state index in [9.17, 15) is 4.79 Å². The highest BCUT2D eigenvalue weighted by molar-refractivity contribution is 6.18. The van der Waals surface area contributed by atoms with Crippen LogP contribution in [0.2, 0.25) is 0 Å². The van der Waals surface area contributed by atoms with Crippen molar-refractivity contribution in [2.75, 3.05) is 5.32 Å². The van der Waals surface area contributed by atoms with Gasteiger partial charge in [0.1, 0.15) is 0 Å². The zero-order valence-electron chi connectivity index (χ0n) is 6.85. The summed E-state index contributed by atoms with van der Waals surface area (Å²) in [5.41, 5.74) is 3.20. The lowest BCUT2D eigenvalue weighted by Gasteiger charge is -2.00. The van der Waals surface area contributed by atoms with Crippen LogP contribution in [0.3, 0.4) is 0 Å². The Labute approximate surface area is 70.9 Å². The molecule has 2 heteroatoms. The molecule has 2 rings (SSSR count). The minimum Gasteiger partial charge on any atom is -0.352 e. The molecule has 0 amide bonds. The maximum Gasteiger partial charge on any atom is 0.210 e. The van der Waals surface area contributed by atoms with Gasteiger partial charge in [-0.05, 0) is 18.6 Å². The maximum atomic E-state index is 11.4. The number of allylic oxidation sites excluding steroid dienone is 1. The zero-order valence-corrected chi connectivity index (χ0v) is 6.85. The van der Waals surface area contributed by atoms with E-state index in [2.05, 4.69) is 11.9 Å². The number of hydrogen-bond donors (Lipinski definition) is 1. The Kier molecular flexibility index (Phi) is 1.30. The van der Waals surface area contributed by atoms with Crippen LogP contribution in [-0.4, -0.2) is 5.78 Å². The quantitative estimate of drug-likeness (QED) is 0.587. The lowest BCUT2D eigenvalue weighted by molar-refractivity contribution is 0.104. The molecule has 0 spiro atoms. The van der Waals surface area contributed by atoms with Crippen LogP contribution in [0.15, 0.2) is 30.5 Å². The number of anilines is 1. The molecule has 12 heavy (non-hydrogen) atoms. The molecule has 1 aliphatic rings. The SMILES string of the molecule is C=C1Nc2c(C)cccc2C1=O. The van der Waals surface area contributed by atoms with Crippen molar-refractivity contribution in [2.45, 2.75) is 6.92 Å². The van der Waals surface area contributed by atoms with E-state index < -0.39 is 0 Å². The summed E-state index contributed by atoms with van der Waals surface area (Å²) in [6.07, 6.45) is 0. The van der Waals surface area contributed by atoms with Crippen molar-refractivity contribution in [1.29, 1.82) is 0 Å². The van der Waals surface area contributed by atoms with Gasteiger partial charge in [0.05, 0.1) is 11.4 Å². The number of ketones is 1. The number of Topliss-reactive ketones (excluding diaryl/α,β-unsaturated/α-hetero) is 1. The van der Waals surface area contributed by atoms with Crippen LogP contribution in [-0.2, 0) is 0 Å². The highest BCUT2D eigenvalue weighted by Gasteiger charge is 2.23. The van der Waals surface area contributed by atoms with Gasteiger partial charge in [-0.3, -0.25) is 4.79 Å². The number of nitrogens with one attached hydrogen (secondary N) is 1. The summed E-state index contributed by atoms with van der Waals surface area (Å²) in [4.78, 5) is 11.4. The Hall–Kier alpha value is -1.57. The highest BCUT2D eigenvalue weighted by atomic mass is 16.1. The number of hydrogen-bond acceptors (Lipinski definition) is 2. The average Bonchev–Trinajstić information content (AvgIpc) is 2.32. The van der Waals surface area contributed by atoms with Gasteiger partial charge in [0.15, 0.2) is 0 Å². The van der Waals surface area contributed by atoms with Gasteiger partial charge in [-0.25, -0.2) is 0 Å². The van der Waals surface area contributed by atoms with Crippen LogP contribution in [0.4, 0.5) is 5.69 Å². The second-order valence-corrected chi connectivity index (χ2v) is 2.93. The molecule has 1 heterocycles. The normalized spacial score (nSPS) is 14.4. The van der Waals surface area contributed by atoms with Crippen LogP contribution >= 0.6 is 0 Å². The molecule has 0 unspecified atom stereocenters. The summed E-state index contributed by atoms with van der Waals surface area (Å²) < 4.78 is 0. The third-order valence-corrected chi connectivity index (χ3v) is 2.07. The number of aryl methyl sites for hydroxylation is 1. The van der Waals surface area contributed by atoms with Gasteiger partial charge in [-0.15, -0.1) is 0 Å². The van der Waals surface area contributed by atoms with Crippen molar-refractivity contribution in [3.63, 3.8) is 0 Å². The predicted octanol–water partition coefficient (Wildman–Crippen LogP) is 2.12. The molecule has 0 saturated carbocycles. The standard InChI is InChI=1S/C10H9NO/c1-6-4-3-5-8-9(6)11-7(2)10(8)12/h3-5,11H,2H2,1H3. The van der Waals surface area contributed by atoms with E-state index in [1.807, 2.05) is 25.1 Å². The number of rotatable bonds is 0. The molecule has 0 bridgehead atoms. The lowest BCUT2D eigenvalue weighted by Crippen LogP contribution is -1.96. The van der Waals surface area contributed by atoms with Crippen molar-refractivity contribution < 1.29 is 4.79 Å². The highest BCUT2D eigenvalue weighted by Crippen LogP contribution is 2.29. The first-order valence-electron chi connectivity index (χ1n) is 3.80. The molecule has 1 N–H and O–H groups in total. The number of benzene rings is 1. The van der Waals surface area contributed by atoms with E-state index in [4.69, 9.17) is 0 Å². The summed E-state index contributed by atoms with van der Waals surface area (Å²) in [6, 6.07) is 5.67. The molecule has 0 radical (unpaired) electrons. The Balaban J connectivity index is 2.68. The summed E-state index contributed by atoms with van der Waals surface area (Å²) in [5, 5.41) is 2.97. The summed E-state index contributed by atoms with van der Waals surface area (Å²) in [5.74, 6) is 0.00806. The topological polar surface area (TPSA) is 29.1 Å². The maximum absolute atomic E-state index is 11.4. The van der Waals surface area contributed by atoms with Gasteiger partial charge in [0.25, 0.3) is 0 Å². The van der Waals surface area contributed by atoms with Crippen molar-refractivity contribution >= 4 is 11.5 Å². The second kappa shape index (κ2) is 2.21. The van der Waals surface area contributed by atoms with Crippen LogP contribution in [0, 0.1) is 6.92 Å². The van der Waals surface area contributed by atoms with Crippen molar-refractivity contribution in [3.05, 3.63) is 41.6 Å². The van der Waals surface area contributed by atoms with Crippen molar-refractivity contribution in [2.24, 2.45) is 0 Å². The first kappa shape index (κ1) is 7.10. The van der Waals surface area contributed by atoms with Gasteiger partial charge in [-0.2, -0.15) is 0 Å². The van der Waals surface area contributed by atoms with E-state index in [1.54, 1.807) is 0 Å². The third kappa shape index (κ3) is 0.780. The van der Waals surface area contributed by atoms with Crippen LogP contribution in [0.25, 0.3) is 0 Å². The van der Waals surface area contributed by atoms with Gasteiger partial charge in [0, 0.05) is 5.56 Å². The molecule has 0 aromatic heterocycles. The van der Waals surface area contributed by atoms with E-state index in [-0.39, 0.29) is 5.78 Å². The Morgan fingerprint density at radius 2 is 2.17 bits per heavy atom. The Morgan fingerprint density at radius 1 is 1.42 bits per heavy atom. The predicted molar refractivity (Wildman–Crippen MR) is 48.3 cm³/mol. The van der Waals surface area contributed by atoms with E-state index >= 15 is 0 Å². The number of carbonyl (C=O) groups is 1. The minimum absolute atomic E-state index is 0.00806.